The first-order valence-electron chi connectivity index (χ1n) is 9.68. The molecule has 1 rings (SSSR count). The molecule has 0 amide bonds. The van der Waals surface area contributed by atoms with Crippen LogP contribution in [0.2, 0.25) is 0 Å². The zero-order valence-electron chi connectivity index (χ0n) is 15.7. The minimum Gasteiger partial charge on any atom is -0.481 e. The Morgan fingerprint density at radius 3 is 2.65 bits per heavy atom. The van der Waals surface area contributed by atoms with Crippen LogP contribution in [0.3, 0.4) is 0 Å². The number of carboxylic acids is 1. The summed E-state index contributed by atoms with van der Waals surface area (Å²) in [6, 6.07) is 0. The Hall–Kier alpha value is -1.21. The lowest BCUT2D eigenvalue weighted by Crippen LogP contribution is -2.25. The molecule has 4 N–H and O–H groups in total. The van der Waals surface area contributed by atoms with E-state index in [2.05, 4.69) is 13.0 Å². The number of aliphatic hydroxyl groups is 3. The van der Waals surface area contributed by atoms with Crippen LogP contribution in [-0.2, 0) is 9.53 Å². The molecule has 0 aromatic rings. The van der Waals surface area contributed by atoms with Crippen molar-refractivity contribution >= 4 is 5.97 Å². The molecule has 0 radical (unpaired) electrons. The monoisotopic (exact) mass is 370 g/mol. The number of carbonyl (C=O) groups is 1. The normalized spacial score (nSPS) is 25.9. The highest BCUT2D eigenvalue weighted by molar-refractivity contribution is 5.66. The second-order valence-corrected chi connectivity index (χ2v) is 6.95. The van der Waals surface area contributed by atoms with Crippen LogP contribution in [0.15, 0.2) is 24.3 Å². The van der Waals surface area contributed by atoms with Crippen LogP contribution >= 0.6 is 0 Å². The van der Waals surface area contributed by atoms with E-state index in [4.69, 9.17) is 9.84 Å². The Balaban J connectivity index is 2.29. The molecular weight excluding hydrogens is 336 g/mol. The lowest BCUT2D eigenvalue weighted by Gasteiger charge is -2.17. The Morgan fingerprint density at radius 2 is 1.96 bits per heavy atom. The molecule has 0 aromatic carbocycles. The molecular formula is C20H34O6. The van der Waals surface area contributed by atoms with Gasteiger partial charge >= 0.3 is 5.97 Å². The third kappa shape index (κ3) is 9.48. The molecule has 0 saturated carbocycles. The van der Waals surface area contributed by atoms with Gasteiger partial charge in [0.1, 0.15) is 0 Å². The molecule has 0 bridgehead atoms. The van der Waals surface area contributed by atoms with Crippen molar-refractivity contribution in [3.63, 3.8) is 0 Å². The fourth-order valence-electron chi connectivity index (χ4n) is 3.01. The molecule has 1 aliphatic heterocycles. The number of aliphatic carboxylic acids is 1. The summed E-state index contributed by atoms with van der Waals surface area (Å²) in [5, 5.41) is 38.7. The fraction of sp³-hybridized carbons (Fsp3) is 0.750. The van der Waals surface area contributed by atoms with Gasteiger partial charge in [-0.1, -0.05) is 44.1 Å². The summed E-state index contributed by atoms with van der Waals surface area (Å²) in [6.07, 6.45) is 10.1. The van der Waals surface area contributed by atoms with Gasteiger partial charge in [-0.25, -0.2) is 0 Å². The standard InChI is InChI=1S/C20H34O6/c1-2-3-4-5-6-7-9-15(21)12-13-16(22)19-14-17(23)18(26-19)10-8-11-20(24)25/h6-7,12-13,15-19,21-23H,2-5,8-11,14H2,1H3,(H,24,25)/b7-6-,13-12-/t15-,16+,17+,18-,19+/m0/s1. The molecule has 0 aromatic heterocycles. The summed E-state index contributed by atoms with van der Waals surface area (Å²) >= 11 is 0. The van der Waals surface area contributed by atoms with Gasteiger partial charge in [0.05, 0.1) is 30.5 Å². The number of unbranched alkanes of at least 4 members (excludes halogenated alkanes) is 3. The quantitative estimate of drug-likeness (QED) is 0.293. The topological polar surface area (TPSA) is 107 Å². The van der Waals surface area contributed by atoms with Gasteiger partial charge in [-0.15, -0.1) is 0 Å². The molecule has 6 heteroatoms. The van der Waals surface area contributed by atoms with Crippen LogP contribution in [0.4, 0.5) is 0 Å². The van der Waals surface area contributed by atoms with Crippen LogP contribution in [0.5, 0.6) is 0 Å². The van der Waals surface area contributed by atoms with Gasteiger partial charge < -0.3 is 25.2 Å². The first-order chi connectivity index (χ1) is 12.4. The number of hydrogen-bond donors (Lipinski definition) is 4. The molecule has 0 unspecified atom stereocenters. The Morgan fingerprint density at radius 1 is 1.19 bits per heavy atom. The van der Waals surface area contributed by atoms with E-state index in [1.165, 1.54) is 18.9 Å². The minimum absolute atomic E-state index is 0.0395. The molecule has 1 fully saturated rings. The van der Waals surface area contributed by atoms with Crippen molar-refractivity contribution in [2.24, 2.45) is 0 Å². The van der Waals surface area contributed by atoms with Gasteiger partial charge in [0, 0.05) is 12.8 Å². The van der Waals surface area contributed by atoms with Gasteiger partial charge in [-0.2, -0.15) is 0 Å². The van der Waals surface area contributed by atoms with Crippen molar-refractivity contribution in [1.82, 2.24) is 0 Å². The van der Waals surface area contributed by atoms with Crippen LogP contribution in [0.25, 0.3) is 0 Å². The van der Waals surface area contributed by atoms with Crippen molar-refractivity contribution in [2.75, 3.05) is 0 Å². The van der Waals surface area contributed by atoms with E-state index in [0.717, 1.165) is 12.8 Å². The van der Waals surface area contributed by atoms with E-state index in [1.54, 1.807) is 6.08 Å². The third-order valence-corrected chi connectivity index (χ3v) is 4.56. The number of carboxylic acid groups (broad SMARTS) is 1. The van der Waals surface area contributed by atoms with Gasteiger partial charge in [0.15, 0.2) is 0 Å². The molecule has 150 valence electrons. The number of rotatable bonds is 13. The first-order valence-corrected chi connectivity index (χ1v) is 9.68. The first kappa shape index (κ1) is 22.8. The summed E-state index contributed by atoms with van der Waals surface area (Å²) in [6.45, 7) is 2.16. The lowest BCUT2D eigenvalue weighted by molar-refractivity contribution is -0.137. The number of aliphatic hydroxyl groups excluding tert-OH is 3. The van der Waals surface area contributed by atoms with E-state index >= 15 is 0 Å². The van der Waals surface area contributed by atoms with E-state index in [-0.39, 0.29) is 6.42 Å². The third-order valence-electron chi connectivity index (χ3n) is 4.56. The van der Waals surface area contributed by atoms with E-state index < -0.39 is 36.5 Å². The van der Waals surface area contributed by atoms with E-state index in [1.807, 2.05) is 6.08 Å². The van der Waals surface area contributed by atoms with E-state index in [0.29, 0.717) is 25.7 Å². The predicted molar refractivity (Wildman–Crippen MR) is 99.8 cm³/mol. The zero-order chi connectivity index (χ0) is 19.4. The molecule has 0 spiro atoms. The van der Waals surface area contributed by atoms with Crippen molar-refractivity contribution in [3.05, 3.63) is 24.3 Å². The molecule has 1 saturated heterocycles. The number of hydrogen-bond acceptors (Lipinski definition) is 5. The molecule has 26 heavy (non-hydrogen) atoms. The van der Waals surface area contributed by atoms with Gasteiger partial charge in [-0.05, 0) is 32.1 Å². The second-order valence-electron chi connectivity index (χ2n) is 6.95. The van der Waals surface area contributed by atoms with Crippen molar-refractivity contribution in [1.29, 1.82) is 0 Å². The zero-order valence-corrected chi connectivity index (χ0v) is 15.7. The SMILES string of the molecule is CCCCC/C=C\C[C@H](O)/C=C\[C@@H](O)[C@H]1C[C@@H](O)[C@H](CCCC(=O)O)O1. The second kappa shape index (κ2) is 13.0. The van der Waals surface area contributed by atoms with Crippen molar-refractivity contribution in [3.8, 4) is 0 Å². The van der Waals surface area contributed by atoms with Gasteiger partial charge in [0.25, 0.3) is 0 Å². The number of allylic oxidation sites excluding steroid dienone is 1. The summed E-state index contributed by atoms with van der Waals surface area (Å²) < 4.78 is 5.65. The maximum atomic E-state index is 10.5. The molecule has 1 heterocycles. The molecule has 6 nitrogen and oxygen atoms in total. The average molecular weight is 370 g/mol. The predicted octanol–water partition coefficient (Wildman–Crippen LogP) is 2.56. The minimum atomic E-state index is -0.905. The van der Waals surface area contributed by atoms with Crippen LogP contribution in [-0.4, -0.2) is 56.9 Å². The van der Waals surface area contributed by atoms with Crippen LogP contribution < -0.4 is 0 Å². The number of ether oxygens (including phenoxy) is 1. The maximum absolute atomic E-state index is 10.5. The van der Waals surface area contributed by atoms with Crippen LogP contribution in [0.1, 0.15) is 64.7 Å². The Labute approximate surface area is 156 Å². The Bertz CT molecular complexity index is 448. The highest BCUT2D eigenvalue weighted by atomic mass is 16.5. The lowest BCUT2D eigenvalue weighted by atomic mass is 10.0. The van der Waals surface area contributed by atoms with Crippen LogP contribution in [0, 0.1) is 0 Å². The summed E-state index contributed by atoms with van der Waals surface area (Å²) in [7, 11) is 0. The summed E-state index contributed by atoms with van der Waals surface area (Å²) in [5.74, 6) is -0.870. The van der Waals surface area contributed by atoms with Gasteiger partial charge in [-0.3, -0.25) is 4.79 Å². The molecule has 0 aliphatic carbocycles. The average Bonchev–Trinajstić information content (AvgIpc) is 2.96. The highest BCUT2D eigenvalue weighted by Gasteiger charge is 2.36. The highest BCUT2D eigenvalue weighted by Crippen LogP contribution is 2.27. The summed E-state index contributed by atoms with van der Waals surface area (Å²) in [5.41, 5.74) is 0. The maximum Gasteiger partial charge on any atom is 0.303 e. The molecule has 1 aliphatic rings. The van der Waals surface area contributed by atoms with Gasteiger partial charge in [0.2, 0.25) is 0 Å². The summed E-state index contributed by atoms with van der Waals surface area (Å²) in [4.78, 5) is 10.5. The van der Waals surface area contributed by atoms with Crippen molar-refractivity contribution < 1.29 is 30.0 Å². The largest absolute Gasteiger partial charge is 0.481 e. The van der Waals surface area contributed by atoms with E-state index in [9.17, 15) is 20.1 Å². The fourth-order valence-corrected chi connectivity index (χ4v) is 3.01. The van der Waals surface area contributed by atoms with Crippen molar-refractivity contribution in [2.45, 2.75) is 95.2 Å². The smallest absolute Gasteiger partial charge is 0.303 e. The Kier molecular flexibility index (Phi) is 11.4. The molecule has 5 atom stereocenters.